The zero-order chi connectivity index (χ0) is 13.6. The average Bonchev–Trinajstić information content (AvgIpc) is 2.84. The van der Waals surface area contributed by atoms with Crippen LogP contribution in [0.15, 0.2) is 12.1 Å². The van der Waals surface area contributed by atoms with Gasteiger partial charge in [0, 0.05) is 6.04 Å². The van der Waals surface area contributed by atoms with Crippen molar-refractivity contribution in [1.82, 2.24) is 4.98 Å². The van der Waals surface area contributed by atoms with E-state index < -0.39 is 11.9 Å². The Hall–Kier alpha value is -1.77. The normalized spacial score (nSPS) is 21.2. The topological polar surface area (TPSA) is 48.7 Å². The molecule has 1 heterocycles. The largest absolute Gasteiger partial charge is 0.433 e. The first-order chi connectivity index (χ1) is 8.24. The monoisotopic (exact) mass is 255 g/mol. The number of hydrogen-bond donors (Lipinski definition) is 1. The number of aromatic nitrogens is 1. The molecule has 96 valence electrons. The Morgan fingerprint density at radius 3 is 2.50 bits per heavy atom. The van der Waals surface area contributed by atoms with Gasteiger partial charge in [-0.25, -0.2) is 4.98 Å². The quantitative estimate of drug-likeness (QED) is 0.882. The number of pyridine rings is 1. The molecule has 0 radical (unpaired) electrons. The first-order valence-corrected chi connectivity index (χ1v) is 5.49. The molecule has 18 heavy (non-hydrogen) atoms. The van der Waals surface area contributed by atoms with Gasteiger partial charge in [-0.2, -0.15) is 18.4 Å². The van der Waals surface area contributed by atoms with E-state index in [0.29, 0.717) is 0 Å². The third-order valence-electron chi connectivity index (χ3n) is 3.13. The number of halogens is 3. The predicted molar refractivity (Wildman–Crippen MR) is 59.8 cm³/mol. The molecule has 1 aromatic heterocycles. The standard InChI is InChI=1S/C12H12F3N3/c1-11(2)5-9(11)18-10-7(6-16)3-4-8(17-10)12(13,14)15/h3-4,9H,5H2,1-2H3,(H,17,18). The van der Waals surface area contributed by atoms with Gasteiger partial charge >= 0.3 is 6.18 Å². The number of rotatable bonds is 2. The van der Waals surface area contributed by atoms with E-state index in [2.05, 4.69) is 10.3 Å². The molecule has 0 spiro atoms. The number of anilines is 1. The van der Waals surface area contributed by atoms with Crippen molar-refractivity contribution in [2.45, 2.75) is 32.5 Å². The summed E-state index contributed by atoms with van der Waals surface area (Å²) in [6, 6.07) is 3.88. The third-order valence-corrected chi connectivity index (χ3v) is 3.13. The Morgan fingerprint density at radius 2 is 2.06 bits per heavy atom. The highest BCUT2D eigenvalue weighted by molar-refractivity contribution is 5.54. The molecule has 1 unspecified atom stereocenters. The van der Waals surface area contributed by atoms with E-state index in [1.165, 1.54) is 0 Å². The van der Waals surface area contributed by atoms with Gasteiger partial charge in [0.1, 0.15) is 17.6 Å². The molecular weight excluding hydrogens is 243 g/mol. The summed E-state index contributed by atoms with van der Waals surface area (Å²) in [5.74, 6) is 0.0166. The molecule has 0 aromatic carbocycles. The summed E-state index contributed by atoms with van der Waals surface area (Å²) in [5, 5.41) is 11.8. The minimum Gasteiger partial charge on any atom is -0.366 e. The lowest BCUT2D eigenvalue weighted by Gasteiger charge is -2.12. The van der Waals surface area contributed by atoms with E-state index in [0.717, 1.165) is 18.6 Å². The molecule has 0 saturated heterocycles. The maximum Gasteiger partial charge on any atom is 0.433 e. The molecular formula is C12H12F3N3. The van der Waals surface area contributed by atoms with Crippen LogP contribution in [0.5, 0.6) is 0 Å². The van der Waals surface area contributed by atoms with Crippen molar-refractivity contribution < 1.29 is 13.2 Å². The Kier molecular flexibility index (Phi) is 2.73. The van der Waals surface area contributed by atoms with Gasteiger partial charge in [0.05, 0.1) is 5.56 Å². The molecule has 1 aliphatic rings. The summed E-state index contributed by atoms with van der Waals surface area (Å²) in [4.78, 5) is 3.50. The van der Waals surface area contributed by atoms with Crippen LogP contribution < -0.4 is 5.32 Å². The smallest absolute Gasteiger partial charge is 0.366 e. The molecule has 1 aromatic rings. The molecule has 1 saturated carbocycles. The SMILES string of the molecule is CC1(C)CC1Nc1nc(C(F)(F)F)ccc1C#N. The van der Waals surface area contributed by atoms with Crippen LogP contribution in [0.1, 0.15) is 31.5 Å². The average molecular weight is 255 g/mol. The number of nitrogens with zero attached hydrogens (tertiary/aromatic N) is 2. The van der Waals surface area contributed by atoms with Crippen molar-refractivity contribution in [2.75, 3.05) is 5.32 Å². The minimum atomic E-state index is -4.50. The summed E-state index contributed by atoms with van der Waals surface area (Å²) < 4.78 is 37.6. The van der Waals surface area contributed by atoms with Crippen LogP contribution in [0.4, 0.5) is 19.0 Å². The molecule has 1 fully saturated rings. The van der Waals surface area contributed by atoms with Gasteiger partial charge in [0.15, 0.2) is 0 Å². The second-order valence-electron chi connectivity index (χ2n) is 5.09. The summed E-state index contributed by atoms with van der Waals surface area (Å²) in [7, 11) is 0. The van der Waals surface area contributed by atoms with Crippen LogP contribution in [0.2, 0.25) is 0 Å². The number of alkyl halides is 3. The molecule has 1 N–H and O–H groups in total. The van der Waals surface area contributed by atoms with Gasteiger partial charge in [0.25, 0.3) is 0 Å². The lowest BCUT2D eigenvalue weighted by molar-refractivity contribution is -0.141. The Balaban J connectivity index is 2.30. The minimum absolute atomic E-state index is 0.0166. The third kappa shape index (κ3) is 2.40. The van der Waals surface area contributed by atoms with Crippen LogP contribution >= 0.6 is 0 Å². The van der Waals surface area contributed by atoms with E-state index in [1.54, 1.807) is 0 Å². The number of nitrogens with one attached hydrogen (secondary N) is 1. The van der Waals surface area contributed by atoms with Gasteiger partial charge in [-0.05, 0) is 24.0 Å². The molecule has 0 amide bonds. The van der Waals surface area contributed by atoms with Crippen LogP contribution in [-0.2, 0) is 6.18 Å². The van der Waals surface area contributed by atoms with Crippen molar-refractivity contribution in [3.63, 3.8) is 0 Å². The first kappa shape index (κ1) is 12.7. The molecule has 1 atom stereocenters. The maximum atomic E-state index is 12.5. The first-order valence-electron chi connectivity index (χ1n) is 5.49. The van der Waals surface area contributed by atoms with Crippen LogP contribution in [0, 0.1) is 16.7 Å². The van der Waals surface area contributed by atoms with Crippen molar-refractivity contribution >= 4 is 5.82 Å². The van der Waals surface area contributed by atoms with E-state index >= 15 is 0 Å². The summed E-state index contributed by atoms with van der Waals surface area (Å²) in [6.07, 6.45) is -3.64. The Morgan fingerprint density at radius 1 is 1.44 bits per heavy atom. The van der Waals surface area contributed by atoms with E-state index in [-0.39, 0.29) is 22.8 Å². The highest BCUT2D eigenvalue weighted by atomic mass is 19.4. The predicted octanol–water partition coefficient (Wildman–Crippen LogP) is 3.18. The van der Waals surface area contributed by atoms with Gasteiger partial charge in [0.2, 0.25) is 0 Å². The van der Waals surface area contributed by atoms with Gasteiger partial charge in [-0.1, -0.05) is 13.8 Å². The fourth-order valence-corrected chi connectivity index (χ4v) is 1.70. The lowest BCUT2D eigenvalue weighted by Crippen LogP contribution is -2.14. The summed E-state index contributed by atoms with van der Waals surface area (Å²) in [5.41, 5.74) is -0.809. The number of hydrogen-bond acceptors (Lipinski definition) is 3. The molecule has 0 aliphatic heterocycles. The van der Waals surface area contributed by atoms with E-state index in [9.17, 15) is 13.2 Å². The fourth-order valence-electron chi connectivity index (χ4n) is 1.70. The van der Waals surface area contributed by atoms with Crippen molar-refractivity contribution in [3.05, 3.63) is 23.4 Å². The summed E-state index contributed by atoms with van der Waals surface area (Å²) in [6.45, 7) is 4.01. The highest BCUT2D eigenvalue weighted by Gasteiger charge is 2.46. The number of nitriles is 1. The van der Waals surface area contributed by atoms with Crippen LogP contribution in [0.3, 0.4) is 0 Å². The van der Waals surface area contributed by atoms with Gasteiger partial charge in [-0.3, -0.25) is 0 Å². The zero-order valence-corrected chi connectivity index (χ0v) is 9.97. The summed E-state index contributed by atoms with van der Waals surface area (Å²) >= 11 is 0. The molecule has 1 aliphatic carbocycles. The van der Waals surface area contributed by atoms with Crippen LogP contribution in [-0.4, -0.2) is 11.0 Å². The molecule has 0 bridgehead atoms. The Bertz CT molecular complexity index is 514. The molecule has 3 nitrogen and oxygen atoms in total. The van der Waals surface area contributed by atoms with Crippen molar-refractivity contribution in [3.8, 4) is 6.07 Å². The highest BCUT2D eigenvalue weighted by Crippen LogP contribution is 2.46. The van der Waals surface area contributed by atoms with Gasteiger partial charge in [-0.15, -0.1) is 0 Å². The van der Waals surface area contributed by atoms with Crippen LogP contribution in [0.25, 0.3) is 0 Å². The second-order valence-corrected chi connectivity index (χ2v) is 5.09. The van der Waals surface area contributed by atoms with E-state index in [1.807, 2.05) is 19.9 Å². The second kappa shape index (κ2) is 3.87. The van der Waals surface area contributed by atoms with Crippen molar-refractivity contribution in [2.24, 2.45) is 5.41 Å². The lowest BCUT2D eigenvalue weighted by atomic mass is 10.2. The zero-order valence-electron chi connectivity index (χ0n) is 9.97. The molecule has 2 rings (SSSR count). The van der Waals surface area contributed by atoms with E-state index in [4.69, 9.17) is 5.26 Å². The van der Waals surface area contributed by atoms with Crippen molar-refractivity contribution in [1.29, 1.82) is 5.26 Å². The Labute approximate surface area is 103 Å². The molecule has 6 heteroatoms. The fraction of sp³-hybridized carbons (Fsp3) is 0.500. The van der Waals surface area contributed by atoms with Gasteiger partial charge < -0.3 is 5.32 Å². The maximum absolute atomic E-state index is 12.5.